The van der Waals surface area contributed by atoms with E-state index in [0.717, 1.165) is 19.1 Å². The van der Waals surface area contributed by atoms with E-state index in [1.54, 1.807) is 0 Å². The number of halogens is 3. The van der Waals surface area contributed by atoms with Gasteiger partial charge in [-0.1, -0.05) is 79.9 Å². The summed E-state index contributed by atoms with van der Waals surface area (Å²) in [6, 6.07) is 22.6. The van der Waals surface area contributed by atoms with Gasteiger partial charge in [-0.15, -0.1) is 0 Å². The maximum absolute atomic E-state index is 10.9. The Bertz CT molecular complexity index is 611. The van der Waals surface area contributed by atoms with Crippen molar-refractivity contribution in [3.63, 3.8) is 0 Å². The number of alkyl halides is 3. The van der Waals surface area contributed by atoms with Crippen molar-refractivity contribution in [2.75, 3.05) is 0 Å². The van der Waals surface area contributed by atoms with Crippen LogP contribution in [0.3, 0.4) is 0 Å². The van der Waals surface area contributed by atoms with Gasteiger partial charge in [0.15, 0.2) is 0 Å². The molecule has 0 heterocycles. The Morgan fingerprint density at radius 3 is 1.61 bits per heavy atom. The van der Waals surface area contributed by atoms with Crippen molar-refractivity contribution in [2.45, 2.75) is 70.4 Å². The molecule has 1 atom stereocenters. The van der Waals surface area contributed by atoms with E-state index in [0.29, 0.717) is 6.92 Å². The fraction of sp³-hybridized carbons (Fsp3) is 0.478. The minimum absolute atomic E-state index is 0.681. The Morgan fingerprint density at radius 2 is 1.25 bits per heavy atom. The van der Waals surface area contributed by atoms with Crippen molar-refractivity contribution in [1.82, 2.24) is 4.90 Å². The molecule has 28 heavy (non-hydrogen) atoms. The lowest BCUT2D eigenvalue weighted by Crippen LogP contribution is -2.35. The Balaban J connectivity index is 0.000000345. The van der Waals surface area contributed by atoms with Crippen LogP contribution >= 0.6 is 0 Å². The van der Waals surface area contributed by atoms with E-state index >= 15 is 0 Å². The van der Waals surface area contributed by atoms with E-state index < -0.39 is 12.3 Å². The number of hydrogen-bond acceptors (Lipinski definition) is 2. The molecule has 0 bridgehead atoms. The highest BCUT2D eigenvalue weighted by Gasteiger charge is 2.33. The van der Waals surface area contributed by atoms with Gasteiger partial charge in [0.05, 0.1) is 0 Å². The summed E-state index contributed by atoms with van der Waals surface area (Å²) in [5.41, 5.74) is 2.86. The molecule has 0 radical (unpaired) electrons. The van der Waals surface area contributed by atoms with Crippen molar-refractivity contribution in [3.8, 4) is 0 Å². The van der Waals surface area contributed by atoms with Gasteiger partial charge in [0, 0.05) is 19.1 Å². The molecule has 3 rings (SSSR count). The van der Waals surface area contributed by atoms with Crippen molar-refractivity contribution >= 4 is 0 Å². The van der Waals surface area contributed by atoms with Crippen LogP contribution in [0.4, 0.5) is 13.2 Å². The average molecular weight is 393 g/mol. The second kappa shape index (κ2) is 11.2. The summed E-state index contributed by atoms with van der Waals surface area (Å²) in [6.07, 6.45) is 0.281. The fourth-order valence-electron chi connectivity index (χ4n) is 3.40. The highest BCUT2D eigenvalue weighted by Crippen LogP contribution is 2.25. The molecule has 2 nitrogen and oxygen atoms in total. The van der Waals surface area contributed by atoms with Crippen molar-refractivity contribution in [2.24, 2.45) is 0 Å². The molecule has 2 aromatic rings. The fourth-order valence-corrected chi connectivity index (χ4v) is 3.40. The molecular weight excluding hydrogens is 363 g/mol. The zero-order valence-electron chi connectivity index (χ0n) is 16.4. The maximum Gasteiger partial charge on any atom is 0.414 e. The van der Waals surface area contributed by atoms with Gasteiger partial charge in [0.2, 0.25) is 0 Å². The van der Waals surface area contributed by atoms with Crippen molar-refractivity contribution < 1.29 is 18.3 Å². The van der Waals surface area contributed by atoms with Gasteiger partial charge < -0.3 is 5.11 Å². The monoisotopic (exact) mass is 393 g/mol. The van der Waals surface area contributed by atoms with E-state index in [-0.39, 0.29) is 0 Å². The molecule has 1 aliphatic rings. The standard InChI is InChI=1S/C20H25N.C3H5F3O/c1-4-10-18(11-5-1)16-21(20-14-8-3-9-15-20)17-19-12-6-2-7-13-19;1-2(7)3(4,5)6/h1-2,4-7,10-13,20H,3,8-9,14-17H2;2,7H,1H3. The number of aliphatic hydroxyl groups is 1. The molecule has 1 fully saturated rings. The average Bonchev–Trinajstić information content (AvgIpc) is 2.69. The third-order valence-electron chi connectivity index (χ3n) is 5.02. The summed E-state index contributed by atoms with van der Waals surface area (Å²) in [5, 5.41) is 7.76. The van der Waals surface area contributed by atoms with Gasteiger partial charge in [-0.3, -0.25) is 4.90 Å². The Hall–Kier alpha value is -1.85. The summed E-state index contributed by atoms with van der Waals surface area (Å²) in [6.45, 7) is 2.82. The van der Waals surface area contributed by atoms with Crippen LogP contribution in [0.2, 0.25) is 0 Å². The molecule has 1 saturated carbocycles. The molecule has 0 saturated heterocycles. The van der Waals surface area contributed by atoms with E-state index in [1.165, 1.54) is 43.2 Å². The first-order chi connectivity index (χ1) is 13.4. The topological polar surface area (TPSA) is 23.5 Å². The largest absolute Gasteiger partial charge is 0.414 e. The lowest BCUT2D eigenvalue weighted by molar-refractivity contribution is -0.197. The minimum Gasteiger partial charge on any atom is -0.384 e. The van der Waals surface area contributed by atoms with Gasteiger partial charge in [-0.25, -0.2) is 0 Å². The van der Waals surface area contributed by atoms with Crippen molar-refractivity contribution in [3.05, 3.63) is 71.8 Å². The lowest BCUT2D eigenvalue weighted by Gasteiger charge is -2.34. The number of rotatable bonds is 5. The molecular formula is C23H30F3NO. The first-order valence-corrected chi connectivity index (χ1v) is 9.93. The van der Waals surface area contributed by atoms with Crippen LogP contribution in [0.5, 0.6) is 0 Å². The summed E-state index contributed by atoms with van der Waals surface area (Å²) in [5.74, 6) is 0. The third kappa shape index (κ3) is 8.03. The lowest BCUT2D eigenvalue weighted by atomic mass is 9.93. The summed E-state index contributed by atoms with van der Waals surface area (Å²) >= 11 is 0. The molecule has 0 aromatic heterocycles. The Labute approximate surface area is 166 Å². The Kier molecular flexibility index (Phi) is 9.00. The molecule has 2 aromatic carbocycles. The number of benzene rings is 2. The predicted molar refractivity (Wildman–Crippen MR) is 107 cm³/mol. The molecule has 1 N–H and O–H groups in total. The molecule has 1 aliphatic carbocycles. The van der Waals surface area contributed by atoms with Gasteiger partial charge in [0.25, 0.3) is 0 Å². The highest BCUT2D eigenvalue weighted by atomic mass is 19.4. The van der Waals surface area contributed by atoms with Gasteiger partial charge >= 0.3 is 6.18 Å². The van der Waals surface area contributed by atoms with Gasteiger partial charge in [-0.2, -0.15) is 13.2 Å². The predicted octanol–water partition coefficient (Wildman–Crippen LogP) is 5.95. The van der Waals surface area contributed by atoms with Crippen LogP contribution in [0, 0.1) is 0 Å². The number of nitrogens with zero attached hydrogens (tertiary/aromatic N) is 1. The van der Waals surface area contributed by atoms with E-state index in [1.807, 2.05) is 0 Å². The summed E-state index contributed by atoms with van der Waals surface area (Å²) in [7, 11) is 0. The molecule has 154 valence electrons. The molecule has 5 heteroatoms. The molecule has 0 spiro atoms. The number of hydrogen-bond donors (Lipinski definition) is 1. The van der Waals surface area contributed by atoms with Crippen LogP contribution in [0.1, 0.15) is 50.2 Å². The summed E-state index contributed by atoms with van der Waals surface area (Å²) in [4.78, 5) is 2.68. The quantitative estimate of drug-likeness (QED) is 0.678. The zero-order chi connectivity index (χ0) is 20.4. The van der Waals surface area contributed by atoms with Gasteiger partial charge in [-0.05, 0) is 30.9 Å². The third-order valence-corrected chi connectivity index (χ3v) is 5.02. The normalized spacial score (nSPS) is 16.4. The van der Waals surface area contributed by atoms with Gasteiger partial charge in [0.1, 0.15) is 6.10 Å². The van der Waals surface area contributed by atoms with Crippen LogP contribution in [-0.4, -0.2) is 28.3 Å². The van der Waals surface area contributed by atoms with Crippen LogP contribution in [-0.2, 0) is 13.1 Å². The molecule has 0 aliphatic heterocycles. The second-order valence-corrected chi connectivity index (χ2v) is 7.39. The SMILES string of the molecule is CC(O)C(F)(F)F.c1ccc(CN(Cc2ccccc2)C2CCCCC2)cc1. The molecule has 0 amide bonds. The second-order valence-electron chi connectivity index (χ2n) is 7.39. The van der Waals surface area contributed by atoms with E-state index in [2.05, 4.69) is 65.6 Å². The smallest absolute Gasteiger partial charge is 0.384 e. The summed E-state index contributed by atoms with van der Waals surface area (Å²) < 4.78 is 32.8. The van der Waals surface area contributed by atoms with E-state index in [4.69, 9.17) is 5.11 Å². The van der Waals surface area contributed by atoms with Crippen LogP contribution in [0.15, 0.2) is 60.7 Å². The van der Waals surface area contributed by atoms with E-state index in [9.17, 15) is 13.2 Å². The minimum atomic E-state index is -4.44. The Morgan fingerprint density at radius 1 is 0.857 bits per heavy atom. The molecule has 1 unspecified atom stereocenters. The first-order valence-electron chi connectivity index (χ1n) is 9.93. The maximum atomic E-state index is 10.9. The van der Waals surface area contributed by atoms with Crippen molar-refractivity contribution in [1.29, 1.82) is 0 Å². The zero-order valence-corrected chi connectivity index (χ0v) is 16.4. The number of aliphatic hydroxyl groups excluding tert-OH is 1. The first kappa shape index (κ1) is 22.4. The van der Waals surface area contributed by atoms with Crippen LogP contribution in [0.25, 0.3) is 0 Å². The highest BCUT2D eigenvalue weighted by molar-refractivity contribution is 5.17. The van der Waals surface area contributed by atoms with Crippen LogP contribution < -0.4 is 0 Å².